The highest BCUT2D eigenvalue weighted by Crippen LogP contribution is 1.90. The molecule has 1 atom stereocenters. The van der Waals surface area contributed by atoms with Crippen LogP contribution in [0.15, 0.2) is 5.16 Å². The SMILES string of the molecule is O=C1ON=CC1[NH+]([O-])[O-]. The Morgan fingerprint density at radius 1 is 1.78 bits per heavy atom. The van der Waals surface area contributed by atoms with Crippen LogP contribution in [0.1, 0.15) is 0 Å². The van der Waals surface area contributed by atoms with E-state index in [1.54, 1.807) is 0 Å². The van der Waals surface area contributed by atoms with Gasteiger partial charge in [0.05, 0.1) is 0 Å². The second-order valence-corrected chi connectivity index (χ2v) is 1.46. The zero-order valence-electron chi connectivity index (χ0n) is 4.23. The first-order valence-electron chi connectivity index (χ1n) is 2.17. The largest absolute Gasteiger partial charge is 0.632 e. The second kappa shape index (κ2) is 2.09. The number of hydrogen-bond acceptors (Lipinski definition) is 5. The first kappa shape index (κ1) is 6.14. The topological polar surface area (TPSA) is 89.2 Å². The molecule has 0 spiro atoms. The highest BCUT2D eigenvalue weighted by molar-refractivity contribution is 5.95. The molecule has 0 bridgehead atoms. The minimum Gasteiger partial charge on any atom is -0.632 e. The number of quaternary nitrogens is 1. The Morgan fingerprint density at radius 3 is 2.67 bits per heavy atom. The standard InChI is InChI=1S/C3H3N2O4/c6-3-2(5(7)8)1-4-9-3/h1-2,5H/q-1. The van der Waals surface area contributed by atoms with Gasteiger partial charge in [0.25, 0.3) is 0 Å². The van der Waals surface area contributed by atoms with E-state index in [1.165, 1.54) is 0 Å². The summed E-state index contributed by atoms with van der Waals surface area (Å²) in [6.07, 6.45) is 0.887. The Labute approximate surface area is 49.8 Å². The van der Waals surface area contributed by atoms with Crippen molar-refractivity contribution in [2.24, 2.45) is 5.16 Å². The van der Waals surface area contributed by atoms with Crippen LogP contribution in [0.4, 0.5) is 0 Å². The predicted molar refractivity (Wildman–Crippen MR) is 26.1 cm³/mol. The van der Waals surface area contributed by atoms with Gasteiger partial charge in [0.1, 0.15) is 6.21 Å². The lowest BCUT2D eigenvalue weighted by atomic mass is 10.4. The van der Waals surface area contributed by atoms with Crippen LogP contribution in [0, 0.1) is 10.4 Å². The van der Waals surface area contributed by atoms with Crippen LogP contribution >= 0.6 is 0 Å². The summed E-state index contributed by atoms with van der Waals surface area (Å²) >= 11 is 0. The van der Waals surface area contributed by atoms with E-state index >= 15 is 0 Å². The van der Waals surface area contributed by atoms with Crippen molar-refractivity contribution in [3.63, 3.8) is 0 Å². The Morgan fingerprint density at radius 2 is 2.44 bits per heavy atom. The molecular formula is C3H3N2O4-. The first-order chi connectivity index (χ1) is 4.22. The Balaban J connectivity index is 2.59. The van der Waals surface area contributed by atoms with E-state index in [9.17, 15) is 15.2 Å². The van der Waals surface area contributed by atoms with Gasteiger partial charge in [0, 0.05) is 0 Å². The minimum absolute atomic E-state index is 0.887. The molecule has 0 fully saturated rings. The lowest BCUT2D eigenvalue weighted by Crippen LogP contribution is -3.07. The number of oxime groups is 1. The summed E-state index contributed by atoms with van der Waals surface area (Å²) in [6, 6.07) is -1.31. The molecule has 1 aliphatic rings. The molecular weight excluding hydrogens is 128 g/mol. The number of carbonyl (C=O) groups excluding carboxylic acids is 1. The fraction of sp³-hybridized carbons (Fsp3) is 0.333. The summed E-state index contributed by atoms with van der Waals surface area (Å²) in [5.74, 6) is -0.894. The molecule has 1 rings (SSSR count). The van der Waals surface area contributed by atoms with Gasteiger partial charge < -0.3 is 20.5 Å². The normalized spacial score (nSPS) is 25.2. The van der Waals surface area contributed by atoms with E-state index in [0.717, 1.165) is 6.21 Å². The molecule has 0 radical (unpaired) electrons. The van der Waals surface area contributed by atoms with Crippen LogP contribution in [0.25, 0.3) is 0 Å². The van der Waals surface area contributed by atoms with Gasteiger partial charge >= 0.3 is 5.97 Å². The lowest BCUT2D eigenvalue weighted by Gasteiger charge is -2.27. The maximum atomic E-state index is 10.2. The molecule has 0 aliphatic carbocycles. The second-order valence-electron chi connectivity index (χ2n) is 1.46. The van der Waals surface area contributed by atoms with Gasteiger partial charge in [-0.15, -0.1) is 0 Å². The number of hydroxylamine groups is 2. The molecule has 0 amide bonds. The third-order valence-corrected chi connectivity index (χ3v) is 0.860. The summed E-state index contributed by atoms with van der Waals surface area (Å²) in [4.78, 5) is 14.2. The third-order valence-electron chi connectivity index (χ3n) is 0.860. The highest BCUT2D eigenvalue weighted by atomic mass is 16.8. The smallest absolute Gasteiger partial charge is 0.398 e. The molecule has 9 heavy (non-hydrogen) atoms. The molecule has 50 valence electrons. The fourth-order valence-electron chi connectivity index (χ4n) is 0.418. The summed E-state index contributed by atoms with van der Waals surface area (Å²) < 4.78 is 0. The van der Waals surface area contributed by atoms with E-state index < -0.39 is 17.2 Å². The molecule has 1 aliphatic heterocycles. The number of carbonyl (C=O) groups is 1. The van der Waals surface area contributed by atoms with Crippen molar-refractivity contribution < 1.29 is 14.9 Å². The van der Waals surface area contributed by atoms with Crippen LogP contribution in [0.5, 0.6) is 0 Å². The van der Waals surface area contributed by atoms with Crippen molar-refractivity contribution in [2.75, 3.05) is 0 Å². The van der Waals surface area contributed by atoms with Gasteiger partial charge in [-0.2, -0.15) is 0 Å². The van der Waals surface area contributed by atoms with Gasteiger partial charge in [-0.1, -0.05) is 5.16 Å². The van der Waals surface area contributed by atoms with Crippen LogP contribution in [0.3, 0.4) is 0 Å². The summed E-state index contributed by atoms with van der Waals surface area (Å²) in [6.45, 7) is 0. The predicted octanol–water partition coefficient (Wildman–Crippen LogP) is -2.22. The van der Waals surface area contributed by atoms with E-state index in [0.29, 0.717) is 0 Å². The monoisotopic (exact) mass is 131 g/mol. The zero-order chi connectivity index (χ0) is 6.85. The van der Waals surface area contributed by atoms with Gasteiger partial charge in [-0.05, 0) is 0 Å². The van der Waals surface area contributed by atoms with E-state index in [2.05, 4.69) is 9.99 Å². The number of nitrogens with zero attached hydrogens (tertiary/aromatic N) is 1. The molecule has 0 saturated heterocycles. The fourth-order valence-corrected chi connectivity index (χ4v) is 0.418. The molecule has 1 N–H and O–H groups in total. The van der Waals surface area contributed by atoms with Crippen molar-refractivity contribution in [1.29, 1.82) is 0 Å². The van der Waals surface area contributed by atoms with E-state index in [-0.39, 0.29) is 0 Å². The quantitative estimate of drug-likeness (QED) is 0.322. The molecule has 6 nitrogen and oxygen atoms in total. The first-order valence-corrected chi connectivity index (χ1v) is 2.17. The number of hydrogen-bond donors (Lipinski definition) is 1. The van der Waals surface area contributed by atoms with Gasteiger partial charge in [-0.3, -0.25) is 0 Å². The highest BCUT2D eigenvalue weighted by Gasteiger charge is 2.26. The minimum atomic E-state index is -1.48. The molecule has 0 aromatic carbocycles. The molecule has 1 heterocycles. The molecule has 6 heteroatoms. The summed E-state index contributed by atoms with van der Waals surface area (Å²) in [5, 5.41) is 21.3. The average molecular weight is 131 g/mol. The molecule has 0 saturated carbocycles. The summed E-state index contributed by atoms with van der Waals surface area (Å²) in [7, 11) is 0. The molecule has 0 aromatic rings. The summed E-state index contributed by atoms with van der Waals surface area (Å²) in [5.41, 5.74) is 0. The van der Waals surface area contributed by atoms with Crippen molar-refractivity contribution >= 4 is 12.2 Å². The Bertz CT molecular complexity index is 154. The van der Waals surface area contributed by atoms with Crippen molar-refractivity contribution in [2.45, 2.75) is 6.04 Å². The van der Waals surface area contributed by atoms with Crippen LogP contribution in [-0.4, -0.2) is 18.2 Å². The maximum absolute atomic E-state index is 10.2. The van der Waals surface area contributed by atoms with E-state index in [4.69, 9.17) is 0 Å². The van der Waals surface area contributed by atoms with Crippen LogP contribution in [0.2, 0.25) is 0 Å². The third kappa shape index (κ3) is 1.04. The van der Waals surface area contributed by atoms with Gasteiger partial charge in [-0.25, -0.2) is 4.79 Å². The van der Waals surface area contributed by atoms with Crippen LogP contribution in [-0.2, 0) is 9.63 Å². The molecule has 1 unspecified atom stereocenters. The Hall–Kier alpha value is -0.980. The maximum Gasteiger partial charge on any atom is 0.398 e. The lowest BCUT2D eigenvalue weighted by molar-refractivity contribution is -0.798. The van der Waals surface area contributed by atoms with Crippen LogP contribution < -0.4 is 5.23 Å². The Kier molecular flexibility index (Phi) is 1.43. The van der Waals surface area contributed by atoms with Crippen molar-refractivity contribution in [1.82, 2.24) is 0 Å². The average Bonchev–Trinajstić information content (AvgIpc) is 2.13. The van der Waals surface area contributed by atoms with E-state index in [1.807, 2.05) is 0 Å². The van der Waals surface area contributed by atoms with Crippen molar-refractivity contribution in [3.8, 4) is 0 Å². The number of nitrogens with one attached hydrogen (secondary N) is 1. The van der Waals surface area contributed by atoms with Gasteiger partial charge in [0.15, 0.2) is 0 Å². The zero-order valence-corrected chi connectivity index (χ0v) is 4.23. The van der Waals surface area contributed by atoms with Gasteiger partial charge in [0.2, 0.25) is 6.04 Å². The molecule has 0 aromatic heterocycles. The van der Waals surface area contributed by atoms with Crippen molar-refractivity contribution in [3.05, 3.63) is 10.4 Å². The number of rotatable bonds is 1.